The molecule has 3 aliphatic rings. The zero-order chi connectivity index (χ0) is 25.6. The molecule has 0 unspecified atom stereocenters. The number of anilines is 1. The van der Waals surface area contributed by atoms with Crippen molar-refractivity contribution in [3.63, 3.8) is 0 Å². The fourth-order valence-corrected chi connectivity index (χ4v) is 4.45. The Morgan fingerprint density at radius 2 is 1.92 bits per heavy atom. The van der Waals surface area contributed by atoms with E-state index in [1.807, 2.05) is 18.2 Å². The van der Waals surface area contributed by atoms with E-state index in [2.05, 4.69) is 23.8 Å². The van der Waals surface area contributed by atoms with Crippen molar-refractivity contribution in [3.05, 3.63) is 72.1 Å². The Balaban J connectivity index is 1.31. The first-order chi connectivity index (χ1) is 17.2. The summed E-state index contributed by atoms with van der Waals surface area (Å²) >= 11 is 0. The summed E-state index contributed by atoms with van der Waals surface area (Å²) in [6, 6.07) is 10.8. The molecule has 2 heterocycles. The number of benzene rings is 2. The van der Waals surface area contributed by atoms with Gasteiger partial charge in [-0.3, -0.25) is 24.1 Å². The number of hydrogen-bond acceptors (Lipinski definition) is 5. The lowest BCUT2D eigenvalue weighted by molar-refractivity contribution is -0.128. The van der Waals surface area contributed by atoms with Gasteiger partial charge in [0.15, 0.2) is 6.61 Å². The molecular weight excluding hydrogens is 460 g/mol. The Kier molecular flexibility index (Phi) is 5.83. The van der Waals surface area contributed by atoms with Crippen LogP contribution in [0.3, 0.4) is 0 Å². The van der Waals surface area contributed by atoms with Gasteiger partial charge in [0.1, 0.15) is 11.4 Å². The molecule has 4 amide bonds. The summed E-state index contributed by atoms with van der Waals surface area (Å²) in [4.78, 5) is 52.9. The maximum atomic E-state index is 13.2. The SMILES string of the molecule is C=C(NC(=O)C(=C)N1Cc2c(cccc2-c2ccc3c(c2)OCC(=O)N3)C1=O)C(=O)N(C)CC1CC1. The van der Waals surface area contributed by atoms with Crippen LogP contribution < -0.4 is 15.4 Å². The van der Waals surface area contributed by atoms with Gasteiger partial charge in [-0.25, -0.2) is 0 Å². The van der Waals surface area contributed by atoms with Crippen LogP contribution in [0.4, 0.5) is 5.69 Å². The van der Waals surface area contributed by atoms with Gasteiger partial charge in [-0.05, 0) is 53.6 Å². The minimum atomic E-state index is -0.659. The van der Waals surface area contributed by atoms with Crippen LogP contribution in [0.15, 0.2) is 61.0 Å². The Bertz CT molecular complexity index is 1340. The van der Waals surface area contributed by atoms with Crippen molar-refractivity contribution in [1.29, 1.82) is 0 Å². The smallest absolute Gasteiger partial charge is 0.271 e. The lowest BCUT2D eigenvalue weighted by Crippen LogP contribution is -2.39. The van der Waals surface area contributed by atoms with Crippen LogP contribution in [0.5, 0.6) is 5.75 Å². The molecule has 0 radical (unpaired) electrons. The van der Waals surface area contributed by atoms with E-state index in [4.69, 9.17) is 4.74 Å². The number of amides is 4. The highest BCUT2D eigenvalue weighted by Gasteiger charge is 2.34. The van der Waals surface area contributed by atoms with Crippen LogP contribution in [-0.4, -0.2) is 53.6 Å². The highest BCUT2D eigenvalue weighted by molar-refractivity contribution is 6.08. The van der Waals surface area contributed by atoms with E-state index in [0.29, 0.717) is 29.5 Å². The van der Waals surface area contributed by atoms with Crippen molar-refractivity contribution in [3.8, 4) is 16.9 Å². The summed E-state index contributed by atoms with van der Waals surface area (Å²) in [7, 11) is 1.68. The maximum absolute atomic E-state index is 13.2. The minimum absolute atomic E-state index is 0.0599. The predicted molar refractivity (Wildman–Crippen MR) is 133 cm³/mol. The average molecular weight is 487 g/mol. The lowest BCUT2D eigenvalue weighted by atomic mass is 9.96. The van der Waals surface area contributed by atoms with E-state index in [0.717, 1.165) is 29.5 Å². The molecule has 9 nitrogen and oxygen atoms in total. The summed E-state index contributed by atoms with van der Waals surface area (Å²) in [5.74, 6) is -0.539. The quantitative estimate of drug-likeness (QED) is 0.585. The summed E-state index contributed by atoms with van der Waals surface area (Å²) in [6.45, 7) is 8.23. The molecule has 2 N–H and O–H groups in total. The van der Waals surface area contributed by atoms with Crippen molar-refractivity contribution in [2.24, 2.45) is 5.92 Å². The summed E-state index contributed by atoms with van der Waals surface area (Å²) < 4.78 is 5.53. The summed E-state index contributed by atoms with van der Waals surface area (Å²) in [6.07, 6.45) is 2.20. The van der Waals surface area contributed by atoms with Crippen molar-refractivity contribution in [1.82, 2.24) is 15.1 Å². The van der Waals surface area contributed by atoms with Crippen LogP contribution in [0.25, 0.3) is 11.1 Å². The number of ether oxygens (including phenoxy) is 1. The molecule has 0 spiro atoms. The molecule has 2 aliphatic heterocycles. The summed E-state index contributed by atoms with van der Waals surface area (Å²) in [5.41, 5.74) is 3.28. The van der Waals surface area contributed by atoms with E-state index in [1.54, 1.807) is 30.1 Å². The Labute approximate surface area is 208 Å². The van der Waals surface area contributed by atoms with Crippen molar-refractivity contribution in [2.75, 3.05) is 25.5 Å². The van der Waals surface area contributed by atoms with Gasteiger partial charge in [0.05, 0.1) is 17.9 Å². The number of nitrogens with one attached hydrogen (secondary N) is 2. The van der Waals surface area contributed by atoms with Gasteiger partial charge in [-0.2, -0.15) is 0 Å². The highest BCUT2D eigenvalue weighted by Crippen LogP contribution is 2.38. The van der Waals surface area contributed by atoms with Crippen molar-refractivity contribution < 1.29 is 23.9 Å². The molecule has 36 heavy (non-hydrogen) atoms. The number of nitrogens with zero attached hydrogens (tertiary/aromatic N) is 2. The van der Waals surface area contributed by atoms with Crippen molar-refractivity contribution in [2.45, 2.75) is 19.4 Å². The molecule has 2 aromatic rings. The maximum Gasteiger partial charge on any atom is 0.271 e. The third-order valence-electron chi connectivity index (χ3n) is 6.58. The van der Waals surface area contributed by atoms with E-state index >= 15 is 0 Å². The second-order valence-corrected chi connectivity index (χ2v) is 9.28. The molecule has 1 aliphatic carbocycles. The first kappa shape index (κ1) is 23.3. The second kappa shape index (κ2) is 8.99. The van der Waals surface area contributed by atoms with Crippen LogP contribution in [0.1, 0.15) is 28.8 Å². The summed E-state index contributed by atoms with van der Waals surface area (Å²) in [5, 5.41) is 5.25. The van der Waals surface area contributed by atoms with Gasteiger partial charge in [0.2, 0.25) is 0 Å². The monoisotopic (exact) mass is 486 g/mol. The normalized spacial score (nSPS) is 15.9. The number of rotatable bonds is 7. The number of carbonyl (C=O) groups is 4. The van der Waals surface area contributed by atoms with Crippen LogP contribution in [0, 0.1) is 5.92 Å². The third-order valence-corrected chi connectivity index (χ3v) is 6.58. The van der Waals surface area contributed by atoms with Gasteiger partial charge in [0, 0.05) is 19.2 Å². The first-order valence-corrected chi connectivity index (χ1v) is 11.7. The number of hydrogen-bond donors (Lipinski definition) is 2. The number of fused-ring (bicyclic) bond motifs is 2. The standard InChI is InChI=1S/C27H26N4O5/c1-15(26(34)30(3)12-17-7-8-17)28-25(33)16(2)31-13-21-19(5-4-6-20(21)27(31)35)18-9-10-22-23(11-18)36-14-24(32)29-22/h4-6,9-11,17H,1-2,7-8,12-14H2,3H3,(H,28,33)(H,29,32). The highest BCUT2D eigenvalue weighted by atomic mass is 16.5. The molecule has 184 valence electrons. The molecular formula is C27H26N4O5. The van der Waals surface area contributed by atoms with Crippen LogP contribution in [0.2, 0.25) is 0 Å². The third kappa shape index (κ3) is 4.35. The van der Waals surface area contributed by atoms with E-state index < -0.39 is 5.91 Å². The molecule has 0 saturated heterocycles. The molecule has 2 aromatic carbocycles. The van der Waals surface area contributed by atoms with Gasteiger partial charge >= 0.3 is 0 Å². The molecule has 0 atom stereocenters. The van der Waals surface area contributed by atoms with Gasteiger partial charge < -0.3 is 20.3 Å². The van der Waals surface area contributed by atoms with E-state index in [9.17, 15) is 19.2 Å². The molecule has 1 fully saturated rings. The predicted octanol–water partition coefficient (Wildman–Crippen LogP) is 2.65. The molecule has 9 heteroatoms. The Hall–Kier alpha value is -4.40. The zero-order valence-electron chi connectivity index (χ0n) is 19.9. The topological polar surface area (TPSA) is 108 Å². The van der Waals surface area contributed by atoms with Crippen LogP contribution >= 0.6 is 0 Å². The van der Waals surface area contributed by atoms with Gasteiger partial charge in [-0.1, -0.05) is 31.4 Å². The van der Waals surface area contributed by atoms with Gasteiger partial charge in [0.25, 0.3) is 23.6 Å². The van der Waals surface area contributed by atoms with E-state index in [1.165, 1.54) is 4.90 Å². The molecule has 1 saturated carbocycles. The van der Waals surface area contributed by atoms with E-state index in [-0.39, 0.29) is 42.3 Å². The fourth-order valence-electron chi connectivity index (χ4n) is 4.45. The average Bonchev–Trinajstić information content (AvgIpc) is 3.62. The van der Waals surface area contributed by atoms with Crippen LogP contribution in [-0.2, 0) is 20.9 Å². The molecule has 5 rings (SSSR count). The Morgan fingerprint density at radius 1 is 1.17 bits per heavy atom. The zero-order valence-corrected chi connectivity index (χ0v) is 19.9. The molecule has 0 bridgehead atoms. The second-order valence-electron chi connectivity index (χ2n) is 9.28. The lowest BCUT2D eigenvalue weighted by Gasteiger charge is -2.21. The first-order valence-electron chi connectivity index (χ1n) is 11.7. The van der Waals surface area contributed by atoms with Gasteiger partial charge in [-0.15, -0.1) is 0 Å². The largest absolute Gasteiger partial charge is 0.482 e. The minimum Gasteiger partial charge on any atom is -0.482 e. The molecule has 0 aromatic heterocycles. The number of likely N-dealkylation sites (N-methyl/N-ethyl adjacent to an activating group) is 1. The van der Waals surface area contributed by atoms with Crippen molar-refractivity contribution >= 4 is 29.3 Å². The number of carbonyl (C=O) groups excluding carboxylic acids is 4. The fraction of sp³-hybridized carbons (Fsp3) is 0.259. The Morgan fingerprint density at radius 3 is 2.67 bits per heavy atom.